The van der Waals surface area contributed by atoms with Gasteiger partial charge in [-0.1, -0.05) is 0 Å². The number of amides is 2. The monoisotopic (exact) mass is 171 g/mol. The molecule has 0 unspecified atom stereocenters. The number of likely N-dealkylation sites (tertiary alicyclic amines) is 1. The summed E-state index contributed by atoms with van der Waals surface area (Å²) < 4.78 is 0. The van der Waals surface area contributed by atoms with Gasteiger partial charge in [-0.2, -0.15) is 0 Å². The van der Waals surface area contributed by atoms with Gasteiger partial charge in [-0.15, -0.1) is 0 Å². The highest BCUT2D eigenvalue weighted by Crippen LogP contribution is 2.06. The van der Waals surface area contributed by atoms with E-state index in [1.807, 2.05) is 0 Å². The predicted molar refractivity (Wildman–Crippen MR) is 47.9 cm³/mol. The van der Waals surface area contributed by atoms with Crippen molar-refractivity contribution >= 4 is 6.03 Å². The quantitative estimate of drug-likeness (QED) is 0.591. The van der Waals surface area contributed by atoms with Crippen molar-refractivity contribution in [1.82, 2.24) is 10.2 Å². The van der Waals surface area contributed by atoms with Crippen molar-refractivity contribution in [1.29, 1.82) is 0 Å². The molecule has 0 aromatic rings. The van der Waals surface area contributed by atoms with Crippen molar-refractivity contribution < 1.29 is 4.79 Å². The first kappa shape index (κ1) is 9.32. The molecule has 0 aromatic carbocycles. The fraction of sp³-hybridized carbons (Fsp3) is 0.875. The number of nitrogens with one attached hydrogen (secondary N) is 1. The molecule has 1 rings (SSSR count). The van der Waals surface area contributed by atoms with Gasteiger partial charge in [-0.3, -0.25) is 0 Å². The van der Waals surface area contributed by atoms with E-state index >= 15 is 0 Å². The smallest absolute Gasteiger partial charge is 0.312 e. The Labute approximate surface area is 73.1 Å². The Hall–Kier alpha value is -0.770. The second-order valence-corrected chi connectivity index (χ2v) is 3.19. The van der Waals surface area contributed by atoms with Crippen molar-refractivity contribution in [2.45, 2.75) is 19.3 Å². The SMILES string of the molecule is NC(=O)NCCCN1CCCC1. The lowest BCUT2D eigenvalue weighted by Crippen LogP contribution is -2.32. The molecule has 0 saturated carbocycles. The predicted octanol–water partition coefficient (Wildman–Crippen LogP) is 0.141. The maximum Gasteiger partial charge on any atom is 0.312 e. The molecule has 0 aromatic heterocycles. The van der Waals surface area contributed by atoms with Gasteiger partial charge in [0.05, 0.1) is 0 Å². The second kappa shape index (κ2) is 4.98. The first-order valence-corrected chi connectivity index (χ1v) is 4.55. The Bertz CT molecular complexity index is 143. The van der Waals surface area contributed by atoms with E-state index in [1.54, 1.807) is 0 Å². The summed E-state index contributed by atoms with van der Waals surface area (Å²) in [4.78, 5) is 12.7. The van der Waals surface area contributed by atoms with Crippen LogP contribution in [0.3, 0.4) is 0 Å². The molecule has 1 aliphatic rings. The number of hydrogen-bond acceptors (Lipinski definition) is 2. The molecule has 0 radical (unpaired) electrons. The van der Waals surface area contributed by atoms with Crippen molar-refractivity contribution in [2.75, 3.05) is 26.2 Å². The van der Waals surface area contributed by atoms with Crippen molar-refractivity contribution in [3.8, 4) is 0 Å². The molecule has 0 spiro atoms. The molecule has 0 aliphatic carbocycles. The molecule has 0 atom stereocenters. The van der Waals surface area contributed by atoms with Crippen LogP contribution in [0.5, 0.6) is 0 Å². The third kappa shape index (κ3) is 3.57. The molecular formula is C8H17N3O. The fourth-order valence-corrected chi connectivity index (χ4v) is 1.52. The van der Waals surface area contributed by atoms with E-state index < -0.39 is 6.03 Å². The lowest BCUT2D eigenvalue weighted by molar-refractivity contribution is 0.247. The Morgan fingerprint density at radius 1 is 1.42 bits per heavy atom. The standard InChI is InChI=1S/C8H17N3O/c9-8(12)10-4-3-7-11-5-1-2-6-11/h1-7H2,(H3,9,10,12). The maximum absolute atomic E-state index is 10.3. The molecule has 70 valence electrons. The average molecular weight is 171 g/mol. The van der Waals surface area contributed by atoms with E-state index in [2.05, 4.69) is 10.2 Å². The lowest BCUT2D eigenvalue weighted by Gasteiger charge is -2.13. The van der Waals surface area contributed by atoms with Gasteiger partial charge in [0.2, 0.25) is 0 Å². The molecule has 3 N–H and O–H groups in total. The Morgan fingerprint density at radius 2 is 2.08 bits per heavy atom. The lowest BCUT2D eigenvalue weighted by atomic mass is 10.4. The minimum absolute atomic E-state index is 0.420. The van der Waals surface area contributed by atoms with Crippen LogP contribution in [-0.4, -0.2) is 37.1 Å². The molecule has 1 heterocycles. The Balaban J connectivity index is 1.91. The highest BCUT2D eigenvalue weighted by Gasteiger charge is 2.09. The summed E-state index contributed by atoms with van der Waals surface area (Å²) in [5.74, 6) is 0. The van der Waals surface area contributed by atoms with Crippen LogP contribution in [0, 0.1) is 0 Å². The first-order chi connectivity index (χ1) is 5.79. The molecule has 1 fully saturated rings. The van der Waals surface area contributed by atoms with E-state index in [0.717, 1.165) is 13.0 Å². The number of hydrogen-bond donors (Lipinski definition) is 2. The van der Waals surface area contributed by atoms with Crippen molar-refractivity contribution in [2.24, 2.45) is 5.73 Å². The molecule has 12 heavy (non-hydrogen) atoms. The van der Waals surface area contributed by atoms with Gasteiger partial charge in [0.25, 0.3) is 0 Å². The van der Waals surface area contributed by atoms with Crippen LogP contribution in [0.1, 0.15) is 19.3 Å². The normalized spacial score (nSPS) is 18.0. The van der Waals surface area contributed by atoms with Crippen LogP contribution in [0.2, 0.25) is 0 Å². The molecule has 0 bridgehead atoms. The van der Waals surface area contributed by atoms with E-state index in [9.17, 15) is 4.79 Å². The summed E-state index contributed by atoms with van der Waals surface area (Å²) in [5, 5.41) is 2.58. The molecule has 1 saturated heterocycles. The Morgan fingerprint density at radius 3 is 2.67 bits per heavy atom. The van der Waals surface area contributed by atoms with E-state index in [4.69, 9.17) is 5.73 Å². The third-order valence-electron chi connectivity index (χ3n) is 2.15. The van der Waals surface area contributed by atoms with Gasteiger partial charge < -0.3 is 16.0 Å². The number of primary amides is 1. The zero-order valence-corrected chi connectivity index (χ0v) is 7.38. The largest absolute Gasteiger partial charge is 0.352 e. The summed E-state index contributed by atoms with van der Waals surface area (Å²) in [6, 6.07) is -0.420. The second-order valence-electron chi connectivity index (χ2n) is 3.19. The topological polar surface area (TPSA) is 58.4 Å². The van der Waals surface area contributed by atoms with Gasteiger partial charge in [0, 0.05) is 6.54 Å². The first-order valence-electron chi connectivity index (χ1n) is 4.55. The van der Waals surface area contributed by atoms with Gasteiger partial charge in [0.1, 0.15) is 0 Å². The van der Waals surface area contributed by atoms with Crippen molar-refractivity contribution in [3.05, 3.63) is 0 Å². The number of urea groups is 1. The van der Waals surface area contributed by atoms with Crippen LogP contribution in [0.25, 0.3) is 0 Å². The molecular weight excluding hydrogens is 154 g/mol. The van der Waals surface area contributed by atoms with E-state index in [-0.39, 0.29) is 0 Å². The number of carbonyl (C=O) groups excluding carboxylic acids is 1. The maximum atomic E-state index is 10.3. The number of carbonyl (C=O) groups is 1. The summed E-state index contributed by atoms with van der Waals surface area (Å²) in [6.07, 6.45) is 3.65. The molecule has 4 heteroatoms. The zero-order chi connectivity index (χ0) is 8.81. The highest BCUT2D eigenvalue weighted by atomic mass is 16.2. The fourth-order valence-electron chi connectivity index (χ4n) is 1.52. The Kier molecular flexibility index (Phi) is 3.87. The average Bonchev–Trinajstić information content (AvgIpc) is 2.49. The summed E-state index contributed by atoms with van der Waals surface area (Å²) >= 11 is 0. The van der Waals surface area contributed by atoms with Gasteiger partial charge >= 0.3 is 6.03 Å². The summed E-state index contributed by atoms with van der Waals surface area (Å²) in [6.45, 7) is 4.22. The van der Waals surface area contributed by atoms with Crippen LogP contribution >= 0.6 is 0 Å². The van der Waals surface area contributed by atoms with Crippen LogP contribution in [-0.2, 0) is 0 Å². The number of rotatable bonds is 4. The zero-order valence-electron chi connectivity index (χ0n) is 7.38. The van der Waals surface area contributed by atoms with Gasteiger partial charge in [-0.25, -0.2) is 4.79 Å². The van der Waals surface area contributed by atoms with Gasteiger partial charge in [-0.05, 0) is 38.9 Å². The summed E-state index contributed by atoms with van der Waals surface area (Å²) in [7, 11) is 0. The highest BCUT2D eigenvalue weighted by molar-refractivity contribution is 5.71. The minimum Gasteiger partial charge on any atom is -0.352 e. The number of nitrogens with zero attached hydrogens (tertiary/aromatic N) is 1. The minimum atomic E-state index is -0.420. The molecule has 4 nitrogen and oxygen atoms in total. The van der Waals surface area contributed by atoms with Gasteiger partial charge in [0.15, 0.2) is 0 Å². The van der Waals surface area contributed by atoms with Crippen LogP contribution in [0.4, 0.5) is 4.79 Å². The number of nitrogens with two attached hydrogens (primary N) is 1. The van der Waals surface area contributed by atoms with E-state index in [0.29, 0.717) is 6.54 Å². The molecule has 1 aliphatic heterocycles. The summed E-state index contributed by atoms with van der Waals surface area (Å²) in [5.41, 5.74) is 4.92. The molecule has 2 amide bonds. The van der Waals surface area contributed by atoms with Crippen LogP contribution in [0.15, 0.2) is 0 Å². The van der Waals surface area contributed by atoms with E-state index in [1.165, 1.54) is 25.9 Å². The van der Waals surface area contributed by atoms with Crippen LogP contribution < -0.4 is 11.1 Å². The van der Waals surface area contributed by atoms with Crippen molar-refractivity contribution in [3.63, 3.8) is 0 Å². The third-order valence-corrected chi connectivity index (χ3v) is 2.15.